The predicted octanol–water partition coefficient (Wildman–Crippen LogP) is 4.22. The van der Waals surface area contributed by atoms with Gasteiger partial charge in [0.05, 0.1) is 27.7 Å². The van der Waals surface area contributed by atoms with Gasteiger partial charge in [0, 0.05) is 17.7 Å². The molecule has 156 valence electrons. The molecule has 1 aromatic heterocycles. The van der Waals surface area contributed by atoms with Crippen LogP contribution in [-0.4, -0.2) is 15.1 Å². The molecule has 1 aliphatic rings. The molecule has 1 unspecified atom stereocenters. The summed E-state index contributed by atoms with van der Waals surface area (Å²) in [6.07, 6.45) is -4.69. The number of aromatic amines is 1. The number of nitrogens with two attached hydrogens (primary N) is 1. The summed E-state index contributed by atoms with van der Waals surface area (Å²) >= 11 is 0. The Morgan fingerprint density at radius 2 is 1.97 bits per heavy atom. The van der Waals surface area contributed by atoms with E-state index in [-0.39, 0.29) is 39.8 Å². The second-order valence-corrected chi connectivity index (χ2v) is 6.63. The molecule has 3 N–H and O–H groups in total. The minimum absolute atomic E-state index is 0.111. The van der Waals surface area contributed by atoms with Crippen molar-refractivity contribution in [3.05, 3.63) is 86.8 Å². The average molecular weight is 427 g/mol. The van der Waals surface area contributed by atoms with Gasteiger partial charge in [-0.3, -0.25) is 15.2 Å². The van der Waals surface area contributed by atoms with Crippen LogP contribution in [0.2, 0.25) is 0 Å². The Bertz CT molecular complexity index is 1270. The number of aromatic nitrogens is 2. The second kappa shape index (κ2) is 7.17. The number of halogens is 3. The molecular formula is C20H12F3N5O3. The van der Waals surface area contributed by atoms with E-state index in [1.54, 1.807) is 0 Å². The maximum Gasteiger partial charge on any atom is 0.416 e. The molecule has 31 heavy (non-hydrogen) atoms. The SMILES string of the molecule is N#CC1=C(N)Oc2n[nH]c(-c3cccc([N+](=O)[O-])c3)c2C1c1ccccc1C(F)(F)F. The van der Waals surface area contributed by atoms with Crippen LogP contribution < -0.4 is 10.5 Å². The Morgan fingerprint density at radius 1 is 1.23 bits per heavy atom. The van der Waals surface area contributed by atoms with Gasteiger partial charge in [0.1, 0.15) is 11.6 Å². The van der Waals surface area contributed by atoms with Crippen LogP contribution in [0.1, 0.15) is 22.6 Å². The lowest BCUT2D eigenvalue weighted by Crippen LogP contribution is -2.23. The number of hydrogen-bond acceptors (Lipinski definition) is 6. The van der Waals surface area contributed by atoms with E-state index in [1.165, 1.54) is 42.5 Å². The Morgan fingerprint density at radius 3 is 2.65 bits per heavy atom. The highest BCUT2D eigenvalue weighted by atomic mass is 19.4. The quantitative estimate of drug-likeness (QED) is 0.475. The average Bonchev–Trinajstić information content (AvgIpc) is 3.15. The highest BCUT2D eigenvalue weighted by Gasteiger charge is 2.41. The summed E-state index contributed by atoms with van der Waals surface area (Å²) in [5.74, 6) is -1.73. The molecule has 1 aliphatic heterocycles. The molecule has 0 fully saturated rings. The molecule has 0 spiro atoms. The normalized spacial score (nSPS) is 15.7. The van der Waals surface area contributed by atoms with Crippen LogP contribution >= 0.6 is 0 Å². The number of nitro benzene ring substituents is 1. The van der Waals surface area contributed by atoms with Crippen molar-refractivity contribution in [1.29, 1.82) is 5.26 Å². The molecule has 2 heterocycles. The van der Waals surface area contributed by atoms with Gasteiger partial charge in [-0.2, -0.15) is 18.4 Å². The fourth-order valence-electron chi connectivity index (χ4n) is 3.56. The molecule has 1 atom stereocenters. The number of non-ortho nitro benzene ring substituents is 1. The minimum Gasteiger partial charge on any atom is -0.420 e. The Hall–Kier alpha value is -4.33. The molecule has 0 saturated carbocycles. The second-order valence-electron chi connectivity index (χ2n) is 6.63. The number of nitrogens with one attached hydrogen (secondary N) is 1. The number of alkyl halides is 3. The molecular weight excluding hydrogens is 415 g/mol. The lowest BCUT2D eigenvalue weighted by atomic mass is 9.81. The molecule has 0 saturated heterocycles. The summed E-state index contributed by atoms with van der Waals surface area (Å²) in [6, 6.07) is 12.1. The lowest BCUT2D eigenvalue weighted by molar-refractivity contribution is -0.384. The molecule has 4 rings (SSSR count). The minimum atomic E-state index is -4.69. The third-order valence-electron chi connectivity index (χ3n) is 4.86. The van der Waals surface area contributed by atoms with Crippen LogP contribution in [0.3, 0.4) is 0 Å². The number of hydrogen-bond donors (Lipinski definition) is 2. The van der Waals surface area contributed by atoms with Gasteiger partial charge < -0.3 is 10.5 Å². The summed E-state index contributed by atoms with van der Waals surface area (Å²) in [7, 11) is 0. The number of nitro groups is 1. The van der Waals surface area contributed by atoms with Gasteiger partial charge in [0.25, 0.3) is 5.69 Å². The first kappa shape index (κ1) is 20.0. The van der Waals surface area contributed by atoms with E-state index in [2.05, 4.69) is 10.2 Å². The zero-order chi connectivity index (χ0) is 22.3. The first-order valence-electron chi connectivity index (χ1n) is 8.79. The van der Waals surface area contributed by atoms with Crippen molar-refractivity contribution >= 4 is 5.69 Å². The number of allylic oxidation sites excluding steroid dienone is 1. The molecule has 0 radical (unpaired) electrons. The van der Waals surface area contributed by atoms with Gasteiger partial charge in [-0.15, -0.1) is 5.10 Å². The van der Waals surface area contributed by atoms with Crippen molar-refractivity contribution in [2.45, 2.75) is 12.1 Å². The van der Waals surface area contributed by atoms with Crippen molar-refractivity contribution in [3.63, 3.8) is 0 Å². The Labute approximate surface area is 172 Å². The number of ether oxygens (including phenoxy) is 1. The van der Waals surface area contributed by atoms with Gasteiger partial charge >= 0.3 is 6.18 Å². The maximum atomic E-state index is 13.7. The molecule has 3 aromatic rings. The lowest BCUT2D eigenvalue weighted by Gasteiger charge is -2.26. The van der Waals surface area contributed by atoms with E-state index in [4.69, 9.17) is 10.5 Å². The summed E-state index contributed by atoms with van der Waals surface area (Å²) in [4.78, 5) is 10.6. The van der Waals surface area contributed by atoms with Crippen LogP contribution in [0.15, 0.2) is 60.0 Å². The first-order valence-corrected chi connectivity index (χ1v) is 8.79. The monoisotopic (exact) mass is 427 g/mol. The third kappa shape index (κ3) is 3.33. The van der Waals surface area contributed by atoms with Gasteiger partial charge in [0.15, 0.2) is 0 Å². The third-order valence-corrected chi connectivity index (χ3v) is 4.86. The number of H-pyrrole nitrogens is 1. The predicted molar refractivity (Wildman–Crippen MR) is 101 cm³/mol. The Balaban J connectivity index is 2.00. The summed E-state index contributed by atoms with van der Waals surface area (Å²) in [6.45, 7) is 0. The summed E-state index contributed by atoms with van der Waals surface area (Å²) < 4.78 is 46.6. The topological polar surface area (TPSA) is 131 Å². The smallest absolute Gasteiger partial charge is 0.416 e. The highest BCUT2D eigenvalue weighted by Crippen LogP contribution is 2.48. The first-order chi connectivity index (χ1) is 14.7. The number of fused-ring (bicyclic) bond motifs is 1. The van der Waals surface area contributed by atoms with E-state index in [0.29, 0.717) is 5.56 Å². The number of rotatable bonds is 3. The van der Waals surface area contributed by atoms with E-state index in [0.717, 1.165) is 6.07 Å². The zero-order valence-electron chi connectivity index (χ0n) is 15.5. The molecule has 11 heteroatoms. The van der Waals surface area contributed by atoms with E-state index < -0.39 is 22.6 Å². The van der Waals surface area contributed by atoms with Crippen molar-refractivity contribution in [1.82, 2.24) is 10.2 Å². The van der Waals surface area contributed by atoms with Crippen molar-refractivity contribution < 1.29 is 22.8 Å². The molecule has 0 aliphatic carbocycles. The number of nitriles is 1. The van der Waals surface area contributed by atoms with Crippen LogP contribution in [0.4, 0.5) is 18.9 Å². The zero-order valence-corrected chi connectivity index (χ0v) is 15.5. The maximum absolute atomic E-state index is 13.7. The largest absolute Gasteiger partial charge is 0.420 e. The number of nitrogens with zero attached hydrogens (tertiary/aromatic N) is 3. The van der Waals surface area contributed by atoms with Gasteiger partial charge in [-0.25, -0.2) is 0 Å². The fourth-order valence-corrected chi connectivity index (χ4v) is 3.56. The van der Waals surface area contributed by atoms with Crippen LogP contribution in [0.5, 0.6) is 5.88 Å². The summed E-state index contributed by atoms with van der Waals surface area (Å²) in [5.41, 5.74) is 4.81. The van der Waals surface area contributed by atoms with Crippen LogP contribution in [0, 0.1) is 21.4 Å². The van der Waals surface area contributed by atoms with Gasteiger partial charge in [0.2, 0.25) is 11.8 Å². The standard InChI is InChI=1S/C20H12F3N5O3/c21-20(22,23)14-7-2-1-6-12(14)15-13(9-24)18(25)31-19-16(15)17(26-27-19)10-4-3-5-11(8-10)28(29)30/h1-8,15H,25H2,(H,26,27). The van der Waals surface area contributed by atoms with Crippen molar-refractivity contribution in [3.8, 4) is 23.2 Å². The molecule has 2 aromatic carbocycles. The molecule has 8 nitrogen and oxygen atoms in total. The van der Waals surface area contributed by atoms with Gasteiger partial charge in [-0.1, -0.05) is 30.3 Å². The van der Waals surface area contributed by atoms with Crippen molar-refractivity contribution in [2.24, 2.45) is 5.73 Å². The summed E-state index contributed by atoms with van der Waals surface area (Å²) in [5, 5.41) is 27.4. The van der Waals surface area contributed by atoms with E-state index >= 15 is 0 Å². The van der Waals surface area contributed by atoms with Crippen LogP contribution in [0.25, 0.3) is 11.3 Å². The van der Waals surface area contributed by atoms with Gasteiger partial charge in [-0.05, 0) is 11.6 Å². The Kier molecular flexibility index (Phi) is 4.62. The van der Waals surface area contributed by atoms with E-state index in [1.807, 2.05) is 6.07 Å². The highest BCUT2D eigenvalue weighted by molar-refractivity contribution is 5.72. The molecule has 0 bridgehead atoms. The molecule has 0 amide bonds. The van der Waals surface area contributed by atoms with E-state index in [9.17, 15) is 28.5 Å². The van der Waals surface area contributed by atoms with Crippen molar-refractivity contribution in [2.75, 3.05) is 0 Å². The fraction of sp³-hybridized carbons (Fsp3) is 0.100. The van der Waals surface area contributed by atoms with Crippen LogP contribution in [-0.2, 0) is 6.18 Å². The number of benzene rings is 2.